The zero-order chi connectivity index (χ0) is 19.7. The monoisotopic (exact) mass is 399 g/mol. The van der Waals surface area contributed by atoms with Crippen LogP contribution in [-0.4, -0.2) is 49.7 Å². The number of benzene rings is 2. The highest BCUT2D eigenvalue weighted by atomic mass is 32.2. The Morgan fingerprint density at radius 2 is 1.57 bits per heavy atom. The average molecular weight is 400 g/mol. The van der Waals surface area contributed by atoms with E-state index in [1.807, 2.05) is 29.2 Å². The Balaban J connectivity index is 1.50. The number of amides is 1. The average Bonchev–Trinajstić information content (AvgIpc) is 2.67. The van der Waals surface area contributed by atoms with Crippen molar-refractivity contribution in [1.82, 2.24) is 9.21 Å². The van der Waals surface area contributed by atoms with E-state index in [4.69, 9.17) is 5.73 Å². The zero-order valence-electron chi connectivity index (χ0n) is 15.8. The lowest BCUT2D eigenvalue weighted by Crippen LogP contribution is -2.52. The van der Waals surface area contributed by atoms with Crippen LogP contribution in [0.15, 0.2) is 53.4 Å². The van der Waals surface area contributed by atoms with E-state index in [-0.39, 0.29) is 16.7 Å². The lowest BCUT2D eigenvalue weighted by atomic mass is 9.84. The van der Waals surface area contributed by atoms with Gasteiger partial charge in [-0.2, -0.15) is 4.31 Å². The summed E-state index contributed by atoms with van der Waals surface area (Å²) in [5.41, 5.74) is 8.18. The van der Waals surface area contributed by atoms with Gasteiger partial charge in [-0.05, 0) is 48.2 Å². The fourth-order valence-electron chi connectivity index (χ4n) is 3.77. The summed E-state index contributed by atoms with van der Waals surface area (Å²) in [7, 11) is -3.60. The van der Waals surface area contributed by atoms with Crippen LogP contribution < -0.4 is 5.73 Å². The van der Waals surface area contributed by atoms with Gasteiger partial charge in [0, 0.05) is 37.8 Å². The minimum absolute atomic E-state index is 0.151. The number of hydrogen-bond acceptors (Lipinski definition) is 4. The summed E-state index contributed by atoms with van der Waals surface area (Å²) in [5, 5.41) is 0. The summed E-state index contributed by atoms with van der Waals surface area (Å²) in [6, 6.07) is 14.3. The van der Waals surface area contributed by atoms with Gasteiger partial charge < -0.3 is 10.6 Å². The summed E-state index contributed by atoms with van der Waals surface area (Å²) in [6.45, 7) is 1.60. The molecule has 0 atom stereocenters. The first-order chi connectivity index (χ1) is 13.4. The Hall–Kier alpha value is -2.38. The molecule has 0 bridgehead atoms. The van der Waals surface area contributed by atoms with E-state index in [1.165, 1.54) is 4.31 Å². The molecule has 1 saturated carbocycles. The highest BCUT2D eigenvalue weighted by Crippen LogP contribution is 2.29. The molecular formula is C21H25N3O3S. The molecule has 148 valence electrons. The molecule has 0 radical (unpaired) electrons. The maximum Gasteiger partial charge on any atom is 0.243 e. The SMILES string of the molecule is Nc1cccc(-c2cccc(S(=O)(=O)N3CCN(C(=O)C4CCC4)CC3)c2)c1. The Kier molecular flexibility index (Phi) is 5.12. The first-order valence-corrected chi connectivity index (χ1v) is 11.1. The zero-order valence-corrected chi connectivity index (χ0v) is 16.6. The third-order valence-electron chi connectivity index (χ3n) is 5.70. The van der Waals surface area contributed by atoms with Crippen molar-refractivity contribution in [2.45, 2.75) is 24.2 Å². The summed E-state index contributed by atoms with van der Waals surface area (Å²) in [6.07, 6.45) is 3.05. The van der Waals surface area contributed by atoms with Crippen molar-refractivity contribution in [3.8, 4) is 11.1 Å². The van der Waals surface area contributed by atoms with Crippen LogP contribution in [0.25, 0.3) is 11.1 Å². The van der Waals surface area contributed by atoms with E-state index in [9.17, 15) is 13.2 Å². The predicted octanol–water partition coefficient (Wildman–Crippen LogP) is 2.57. The molecule has 2 fully saturated rings. The van der Waals surface area contributed by atoms with Gasteiger partial charge in [0.15, 0.2) is 0 Å². The van der Waals surface area contributed by atoms with E-state index in [2.05, 4.69) is 0 Å². The van der Waals surface area contributed by atoms with Gasteiger partial charge >= 0.3 is 0 Å². The number of carbonyl (C=O) groups is 1. The summed E-state index contributed by atoms with van der Waals surface area (Å²) >= 11 is 0. The van der Waals surface area contributed by atoms with Gasteiger partial charge in [-0.1, -0.05) is 30.7 Å². The third-order valence-corrected chi connectivity index (χ3v) is 7.59. The van der Waals surface area contributed by atoms with E-state index in [0.29, 0.717) is 31.9 Å². The Morgan fingerprint density at radius 3 is 2.18 bits per heavy atom. The van der Waals surface area contributed by atoms with Crippen LogP contribution in [0.3, 0.4) is 0 Å². The van der Waals surface area contributed by atoms with E-state index in [0.717, 1.165) is 30.4 Å². The first-order valence-electron chi connectivity index (χ1n) is 9.70. The molecule has 2 aromatic carbocycles. The summed E-state index contributed by atoms with van der Waals surface area (Å²) < 4.78 is 27.7. The fraction of sp³-hybridized carbons (Fsp3) is 0.381. The van der Waals surface area contributed by atoms with Gasteiger partial charge in [0.05, 0.1) is 4.90 Å². The van der Waals surface area contributed by atoms with Crippen LogP contribution >= 0.6 is 0 Å². The minimum Gasteiger partial charge on any atom is -0.399 e. The molecule has 1 aliphatic carbocycles. The molecule has 1 aliphatic heterocycles. The van der Waals surface area contributed by atoms with Crippen molar-refractivity contribution in [1.29, 1.82) is 0 Å². The Morgan fingerprint density at radius 1 is 0.929 bits per heavy atom. The standard InChI is InChI=1S/C21H25N3O3S/c22-19-8-2-6-17(14-19)18-7-3-9-20(15-18)28(26,27)24-12-10-23(11-13-24)21(25)16-4-1-5-16/h2-3,6-9,14-16H,1,4-5,10-13,22H2. The number of nitrogens with zero attached hydrogens (tertiary/aromatic N) is 2. The summed E-state index contributed by atoms with van der Waals surface area (Å²) in [5.74, 6) is 0.338. The molecule has 28 heavy (non-hydrogen) atoms. The Labute approximate surface area is 166 Å². The van der Waals surface area contributed by atoms with Crippen molar-refractivity contribution in [2.75, 3.05) is 31.9 Å². The number of nitrogens with two attached hydrogens (primary N) is 1. The van der Waals surface area contributed by atoms with Crippen molar-refractivity contribution >= 4 is 21.6 Å². The maximum absolute atomic E-state index is 13.1. The molecule has 2 aromatic rings. The van der Waals surface area contributed by atoms with Crippen LogP contribution in [0.2, 0.25) is 0 Å². The number of nitrogen functional groups attached to an aromatic ring is 1. The molecular weight excluding hydrogens is 374 g/mol. The molecule has 0 spiro atoms. The molecule has 0 unspecified atom stereocenters. The minimum atomic E-state index is -3.60. The predicted molar refractivity (Wildman–Crippen MR) is 109 cm³/mol. The smallest absolute Gasteiger partial charge is 0.243 e. The molecule has 0 aromatic heterocycles. The van der Waals surface area contributed by atoms with Gasteiger partial charge in [-0.25, -0.2) is 8.42 Å². The molecule has 1 amide bonds. The number of hydrogen-bond donors (Lipinski definition) is 1. The number of sulfonamides is 1. The molecule has 2 aliphatic rings. The van der Waals surface area contributed by atoms with Gasteiger partial charge in [0.2, 0.25) is 15.9 Å². The lowest BCUT2D eigenvalue weighted by molar-refractivity contribution is -0.139. The van der Waals surface area contributed by atoms with Crippen molar-refractivity contribution in [3.05, 3.63) is 48.5 Å². The Bertz CT molecular complexity index is 978. The van der Waals surface area contributed by atoms with E-state index < -0.39 is 10.0 Å². The van der Waals surface area contributed by atoms with Gasteiger partial charge in [-0.3, -0.25) is 4.79 Å². The topological polar surface area (TPSA) is 83.7 Å². The second kappa shape index (κ2) is 7.56. The second-order valence-electron chi connectivity index (χ2n) is 7.51. The first kappa shape index (κ1) is 19.0. The van der Waals surface area contributed by atoms with Crippen LogP contribution in [0.5, 0.6) is 0 Å². The molecule has 4 rings (SSSR count). The molecule has 7 heteroatoms. The quantitative estimate of drug-likeness (QED) is 0.801. The second-order valence-corrected chi connectivity index (χ2v) is 9.45. The lowest BCUT2D eigenvalue weighted by Gasteiger charge is -2.37. The van der Waals surface area contributed by atoms with Crippen molar-refractivity contribution < 1.29 is 13.2 Å². The number of piperazine rings is 1. The van der Waals surface area contributed by atoms with Crippen LogP contribution in [0.4, 0.5) is 5.69 Å². The van der Waals surface area contributed by atoms with Crippen LogP contribution in [-0.2, 0) is 14.8 Å². The normalized spacial score (nSPS) is 18.6. The van der Waals surface area contributed by atoms with Gasteiger partial charge in [0.25, 0.3) is 0 Å². The van der Waals surface area contributed by atoms with E-state index >= 15 is 0 Å². The van der Waals surface area contributed by atoms with Gasteiger partial charge in [-0.15, -0.1) is 0 Å². The largest absolute Gasteiger partial charge is 0.399 e. The van der Waals surface area contributed by atoms with Crippen LogP contribution in [0, 0.1) is 5.92 Å². The van der Waals surface area contributed by atoms with Gasteiger partial charge in [0.1, 0.15) is 0 Å². The summed E-state index contributed by atoms with van der Waals surface area (Å²) in [4.78, 5) is 14.5. The maximum atomic E-state index is 13.1. The fourth-order valence-corrected chi connectivity index (χ4v) is 5.23. The highest BCUT2D eigenvalue weighted by Gasteiger charge is 2.34. The number of anilines is 1. The molecule has 1 heterocycles. The van der Waals surface area contributed by atoms with Crippen molar-refractivity contribution in [2.24, 2.45) is 5.92 Å². The highest BCUT2D eigenvalue weighted by molar-refractivity contribution is 7.89. The third kappa shape index (κ3) is 3.64. The van der Waals surface area contributed by atoms with Crippen LogP contribution in [0.1, 0.15) is 19.3 Å². The molecule has 6 nitrogen and oxygen atoms in total. The van der Waals surface area contributed by atoms with Crippen molar-refractivity contribution in [3.63, 3.8) is 0 Å². The molecule has 1 saturated heterocycles. The number of rotatable bonds is 4. The van der Waals surface area contributed by atoms with E-state index in [1.54, 1.807) is 24.3 Å². The molecule has 2 N–H and O–H groups in total. The number of carbonyl (C=O) groups excluding carboxylic acids is 1.